The molecule has 1 saturated carbocycles. The van der Waals surface area contributed by atoms with Crippen LogP contribution in [0.4, 0.5) is 0 Å². The SMILES string of the molecule is CCCOC(=O)C1=C(C)N=C2CCCC(=O)[C@H]2[C@@H]1c1ccccc1Cl. The molecule has 1 aliphatic carbocycles. The molecule has 0 amide bonds. The van der Waals surface area contributed by atoms with Crippen molar-refractivity contribution in [3.63, 3.8) is 0 Å². The van der Waals surface area contributed by atoms with Gasteiger partial charge in [-0.1, -0.05) is 36.7 Å². The molecular formula is C20H22ClNO3. The fraction of sp³-hybridized carbons (Fsp3) is 0.450. The first-order valence-corrected chi connectivity index (χ1v) is 9.14. The highest BCUT2D eigenvalue weighted by Crippen LogP contribution is 2.44. The predicted molar refractivity (Wildman–Crippen MR) is 97.9 cm³/mol. The number of fused-ring (bicyclic) bond motifs is 1. The fourth-order valence-electron chi connectivity index (χ4n) is 3.72. The van der Waals surface area contributed by atoms with E-state index in [0.717, 1.165) is 30.5 Å². The summed E-state index contributed by atoms with van der Waals surface area (Å²) in [6.07, 6.45) is 2.85. The molecule has 0 bridgehead atoms. The maximum absolute atomic E-state index is 12.7. The highest BCUT2D eigenvalue weighted by atomic mass is 35.5. The molecule has 132 valence electrons. The zero-order valence-corrected chi connectivity index (χ0v) is 15.3. The third-order valence-corrected chi connectivity index (χ3v) is 5.15. The van der Waals surface area contributed by atoms with Gasteiger partial charge in [0.05, 0.1) is 18.1 Å². The quantitative estimate of drug-likeness (QED) is 0.745. The van der Waals surface area contributed by atoms with Crippen molar-refractivity contribution in [2.45, 2.75) is 45.4 Å². The Kier molecular flexibility index (Phi) is 5.38. The number of hydrogen-bond acceptors (Lipinski definition) is 4. The Morgan fingerprint density at radius 1 is 1.28 bits per heavy atom. The molecule has 1 aliphatic heterocycles. The normalized spacial score (nSPS) is 23.2. The van der Waals surface area contributed by atoms with Crippen molar-refractivity contribution in [2.24, 2.45) is 10.9 Å². The lowest BCUT2D eigenvalue weighted by Crippen LogP contribution is -2.39. The standard InChI is InChI=1S/C20H22ClNO3/c1-3-11-25-20(24)17-12(2)22-15-9-6-10-16(23)19(15)18(17)13-7-4-5-8-14(13)21/h4-5,7-8,18-19H,3,6,9-11H2,1-2H3/t18-,19+/m1/s1. The molecule has 0 radical (unpaired) electrons. The summed E-state index contributed by atoms with van der Waals surface area (Å²) in [7, 11) is 0. The Morgan fingerprint density at radius 2 is 2.04 bits per heavy atom. The molecule has 25 heavy (non-hydrogen) atoms. The number of allylic oxidation sites excluding steroid dienone is 1. The topological polar surface area (TPSA) is 55.7 Å². The Hall–Kier alpha value is -1.94. The van der Waals surface area contributed by atoms with Gasteiger partial charge in [-0.25, -0.2) is 4.79 Å². The van der Waals surface area contributed by atoms with E-state index in [1.807, 2.05) is 32.0 Å². The van der Waals surface area contributed by atoms with Crippen LogP contribution in [-0.4, -0.2) is 24.1 Å². The first-order chi connectivity index (χ1) is 12.0. The number of nitrogens with zero attached hydrogens (tertiary/aromatic N) is 1. The van der Waals surface area contributed by atoms with E-state index in [9.17, 15) is 9.59 Å². The summed E-state index contributed by atoms with van der Waals surface area (Å²) in [5.41, 5.74) is 2.75. The molecular weight excluding hydrogens is 338 g/mol. The predicted octanol–water partition coefficient (Wildman–Crippen LogP) is 4.47. The molecule has 5 heteroatoms. The molecule has 1 aromatic rings. The van der Waals surface area contributed by atoms with E-state index >= 15 is 0 Å². The molecule has 2 atom stereocenters. The van der Waals surface area contributed by atoms with E-state index in [1.54, 1.807) is 6.07 Å². The molecule has 3 rings (SSSR count). The minimum absolute atomic E-state index is 0.128. The Morgan fingerprint density at radius 3 is 2.76 bits per heavy atom. The van der Waals surface area contributed by atoms with E-state index in [4.69, 9.17) is 16.3 Å². The van der Waals surface area contributed by atoms with Crippen LogP contribution in [0.5, 0.6) is 0 Å². The highest BCUT2D eigenvalue weighted by molar-refractivity contribution is 6.31. The summed E-state index contributed by atoms with van der Waals surface area (Å²) < 4.78 is 5.39. The lowest BCUT2D eigenvalue weighted by Gasteiger charge is -2.35. The number of aliphatic imine (C=N–C) groups is 1. The summed E-state index contributed by atoms with van der Waals surface area (Å²) in [5.74, 6) is -1.10. The van der Waals surface area contributed by atoms with Crippen LogP contribution < -0.4 is 0 Å². The third-order valence-electron chi connectivity index (χ3n) is 4.80. The number of esters is 1. The molecule has 0 aromatic heterocycles. The van der Waals surface area contributed by atoms with Crippen molar-refractivity contribution in [3.05, 3.63) is 46.1 Å². The van der Waals surface area contributed by atoms with Gasteiger partial charge in [0, 0.05) is 28.8 Å². The van der Waals surface area contributed by atoms with Crippen LogP contribution in [0.3, 0.4) is 0 Å². The summed E-state index contributed by atoms with van der Waals surface area (Å²) in [6.45, 7) is 4.11. The third kappa shape index (κ3) is 3.40. The van der Waals surface area contributed by atoms with Crippen molar-refractivity contribution < 1.29 is 14.3 Å². The number of hydrogen-bond donors (Lipinski definition) is 0. The average Bonchev–Trinajstić information content (AvgIpc) is 2.59. The molecule has 1 fully saturated rings. The molecule has 0 saturated heterocycles. The number of halogens is 1. The molecule has 0 unspecified atom stereocenters. The Labute approximate surface area is 152 Å². The highest BCUT2D eigenvalue weighted by Gasteiger charge is 2.44. The van der Waals surface area contributed by atoms with E-state index in [1.165, 1.54) is 0 Å². The van der Waals surface area contributed by atoms with Crippen molar-refractivity contribution in [1.29, 1.82) is 0 Å². The van der Waals surface area contributed by atoms with E-state index in [2.05, 4.69) is 4.99 Å². The maximum Gasteiger partial charge on any atom is 0.336 e. The minimum atomic E-state index is -0.418. The Balaban J connectivity index is 2.13. The van der Waals surface area contributed by atoms with Crippen LogP contribution in [0, 0.1) is 5.92 Å². The first kappa shape index (κ1) is 17.9. The lowest BCUT2D eigenvalue weighted by atomic mass is 9.69. The van der Waals surface area contributed by atoms with Crippen LogP contribution >= 0.6 is 11.6 Å². The Bertz CT molecular complexity index is 766. The number of carbonyl (C=O) groups excluding carboxylic acids is 2. The summed E-state index contributed by atoms with van der Waals surface area (Å²) in [4.78, 5) is 30.1. The van der Waals surface area contributed by atoms with Gasteiger partial charge in [-0.05, 0) is 37.8 Å². The monoisotopic (exact) mass is 359 g/mol. The van der Waals surface area contributed by atoms with Gasteiger partial charge >= 0.3 is 5.97 Å². The number of carbonyl (C=O) groups is 2. The van der Waals surface area contributed by atoms with Crippen molar-refractivity contribution >= 4 is 29.1 Å². The van der Waals surface area contributed by atoms with Crippen molar-refractivity contribution in [3.8, 4) is 0 Å². The van der Waals surface area contributed by atoms with Gasteiger partial charge in [0.25, 0.3) is 0 Å². The minimum Gasteiger partial charge on any atom is -0.462 e. The van der Waals surface area contributed by atoms with Crippen LogP contribution in [0.25, 0.3) is 0 Å². The molecule has 1 heterocycles. The van der Waals surface area contributed by atoms with Gasteiger partial charge in [-0.3, -0.25) is 9.79 Å². The first-order valence-electron chi connectivity index (χ1n) is 8.77. The van der Waals surface area contributed by atoms with Gasteiger partial charge in [0.1, 0.15) is 5.78 Å². The summed E-state index contributed by atoms with van der Waals surface area (Å²) in [6, 6.07) is 7.40. The van der Waals surface area contributed by atoms with E-state index in [-0.39, 0.29) is 5.78 Å². The van der Waals surface area contributed by atoms with Crippen LogP contribution in [0.15, 0.2) is 40.5 Å². The van der Waals surface area contributed by atoms with Crippen molar-refractivity contribution in [1.82, 2.24) is 0 Å². The molecule has 0 spiro atoms. The zero-order chi connectivity index (χ0) is 18.0. The van der Waals surface area contributed by atoms with E-state index < -0.39 is 17.8 Å². The van der Waals surface area contributed by atoms with Gasteiger partial charge < -0.3 is 4.74 Å². The lowest BCUT2D eigenvalue weighted by molar-refractivity contribution is -0.139. The van der Waals surface area contributed by atoms with Gasteiger partial charge in [0.2, 0.25) is 0 Å². The second kappa shape index (κ2) is 7.52. The van der Waals surface area contributed by atoms with E-state index in [0.29, 0.717) is 29.3 Å². The van der Waals surface area contributed by atoms with Crippen molar-refractivity contribution in [2.75, 3.05) is 6.61 Å². The van der Waals surface area contributed by atoms with Crippen LogP contribution in [0.2, 0.25) is 5.02 Å². The van der Waals surface area contributed by atoms with Gasteiger partial charge in [0.15, 0.2) is 0 Å². The average molecular weight is 360 g/mol. The van der Waals surface area contributed by atoms with Gasteiger partial charge in [-0.15, -0.1) is 0 Å². The largest absolute Gasteiger partial charge is 0.462 e. The molecule has 0 N–H and O–H groups in total. The number of ketones is 1. The number of rotatable bonds is 4. The molecule has 4 nitrogen and oxygen atoms in total. The zero-order valence-electron chi connectivity index (χ0n) is 14.5. The summed E-state index contributed by atoms with van der Waals surface area (Å²) >= 11 is 6.43. The fourth-order valence-corrected chi connectivity index (χ4v) is 3.97. The maximum atomic E-state index is 12.7. The van der Waals surface area contributed by atoms with Crippen LogP contribution in [-0.2, 0) is 14.3 Å². The number of benzene rings is 1. The van der Waals surface area contributed by atoms with Gasteiger partial charge in [-0.2, -0.15) is 0 Å². The molecule has 1 aromatic carbocycles. The van der Waals surface area contributed by atoms with Crippen LogP contribution in [0.1, 0.15) is 51.0 Å². The second-order valence-corrected chi connectivity index (χ2v) is 6.94. The molecule has 2 aliphatic rings. The smallest absolute Gasteiger partial charge is 0.336 e. The number of ether oxygens (including phenoxy) is 1. The second-order valence-electron chi connectivity index (χ2n) is 6.53. The summed E-state index contributed by atoms with van der Waals surface area (Å²) in [5, 5.41) is 0.556. The number of Topliss-reactive ketones (excluding diaryl/α,β-unsaturated/α-hetero) is 1.